The number of nitrogens with zero attached hydrogens (tertiary/aromatic N) is 1. The van der Waals surface area contributed by atoms with Crippen LogP contribution in [0.4, 0.5) is 23.7 Å². The number of amides is 2. The molecule has 0 atom stereocenters. The zero-order valence-corrected chi connectivity index (χ0v) is 22.4. The van der Waals surface area contributed by atoms with Crippen LogP contribution in [0.15, 0.2) is 65.6 Å². The summed E-state index contributed by atoms with van der Waals surface area (Å²) >= 11 is 0. The number of rotatable bonds is 8. The monoisotopic (exact) mass is 550 g/mol. The molecule has 0 aliphatic rings. The molecule has 38 heavy (non-hydrogen) atoms. The number of halogens is 3. The van der Waals surface area contributed by atoms with E-state index in [0.717, 1.165) is 29.3 Å². The third-order valence-corrected chi connectivity index (χ3v) is 7.19. The summed E-state index contributed by atoms with van der Waals surface area (Å²) in [5.41, 5.74) is 2.03. The third kappa shape index (κ3) is 6.77. The normalized spacial score (nSPS) is 11.8. The summed E-state index contributed by atoms with van der Waals surface area (Å²) in [6.07, 6.45) is -4.72. The Morgan fingerprint density at radius 3 is 2.32 bits per heavy atom. The molecule has 7 nitrogen and oxygen atoms in total. The Morgan fingerprint density at radius 1 is 1.00 bits per heavy atom. The number of methoxy groups -OCH3 is 1. The molecule has 0 bridgehead atoms. The maximum absolute atomic E-state index is 13.1. The number of nitrogens with one attached hydrogen (secondary N) is 1. The van der Waals surface area contributed by atoms with Gasteiger partial charge in [0.15, 0.2) is 11.5 Å². The first kappa shape index (κ1) is 28.8. The number of benzene rings is 3. The van der Waals surface area contributed by atoms with Gasteiger partial charge in [-0.2, -0.15) is 21.6 Å². The fraction of sp³-hybridized carbons (Fsp3) is 0.296. The second-order valence-electron chi connectivity index (χ2n) is 8.95. The molecule has 0 heterocycles. The first-order valence-corrected chi connectivity index (χ1v) is 13.1. The summed E-state index contributed by atoms with van der Waals surface area (Å²) in [4.78, 5) is 14.0. The van der Waals surface area contributed by atoms with E-state index in [1.807, 2.05) is 39.8 Å². The Balaban J connectivity index is 1.88. The molecule has 0 aliphatic carbocycles. The molecule has 3 aromatic rings. The highest BCUT2D eigenvalue weighted by Crippen LogP contribution is 2.34. The van der Waals surface area contributed by atoms with Crippen LogP contribution < -0.4 is 14.2 Å². The van der Waals surface area contributed by atoms with E-state index in [1.165, 1.54) is 19.2 Å². The van der Waals surface area contributed by atoms with E-state index >= 15 is 0 Å². The molecule has 2 amide bonds. The Hall–Kier alpha value is -3.73. The standard InChI is InChI=1S/C27H29F3N2O5S/c1-17(2)32(26(33)31-23-11-6-8-18(3)19(23)4)16-20-12-13-24(36-5)25(14-20)37-38(34,35)22-10-7-9-21(15-22)27(28,29)30/h6-15,17H,16H2,1-5H3,(H,31,33). The van der Waals surface area contributed by atoms with Crippen molar-refractivity contribution in [2.24, 2.45) is 0 Å². The summed E-state index contributed by atoms with van der Waals surface area (Å²) in [6.45, 7) is 7.61. The summed E-state index contributed by atoms with van der Waals surface area (Å²) in [6, 6.07) is 12.8. The van der Waals surface area contributed by atoms with E-state index in [2.05, 4.69) is 5.32 Å². The first-order valence-electron chi connectivity index (χ1n) is 11.7. The van der Waals surface area contributed by atoms with Crippen molar-refractivity contribution < 1.29 is 35.3 Å². The lowest BCUT2D eigenvalue weighted by Gasteiger charge is -2.28. The number of hydrogen-bond donors (Lipinski definition) is 1. The molecular formula is C27H29F3N2O5S. The molecule has 204 valence electrons. The second kappa shape index (κ2) is 11.3. The zero-order chi connectivity index (χ0) is 28.3. The summed E-state index contributed by atoms with van der Waals surface area (Å²) < 4.78 is 75.4. The highest BCUT2D eigenvalue weighted by Gasteiger charge is 2.32. The van der Waals surface area contributed by atoms with Gasteiger partial charge in [-0.15, -0.1) is 0 Å². The first-order chi connectivity index (χ1) is 17.7. The van der Waals surface area contributed by atoms with E-state index in [-0.39, 0.29) is 30.1 Å². The molecule has 3 rings (SSSR count). The number of anilines is 1. The third-order valence-electron chi connectivity index (χ3n) is 5.96. The SMILES string of the molecule is COc1ccc(CN(C(=O)Nc2cccc(C)c2C)C(C)C)cc1OS(=O)(=O)c1cccc(C(F)(F)F)c1. The van der Waals surface area contributed by atoms with Crippen molar-refractivity contribution in [2.75, 3.05) is 12.4 Å². The number of ether oxygens (including phenoxy) is 1. The molecule has 0 fully saturated rings. The molecule has 0 saturated carbocycles. The molecule has 3 aromatic carbocycles. The Kier molecular flexibility index (Phi) is 8.61. The minimum atomic E-state index is -4.72. The van der Waals surface area contributed by atoms with Crippen LogP contribution in [0.2, 0.25) is 0 Å². The molecule has 0 unspecified atom stereocenters. The van der Waals surface area contributed by atoms with E-state index in [9.17, 15) is 26.4 Å². The topological polar surface area (TPSA) is 84.9 Å². The molecule has 11 heteroatoms. The van der Waals surface area contributed by atoms with Gasteiger partial charge in [0.25, 0.3) is 0 Å². The fourth-order valence-electron chi connectivity index (χ4n) is 3.64. The van der Waals surface area contributed by atoms with Crippen LogP contribution in [0.1, 0.15) is 36.1 Å². The molecular weight excluding hydrogens is 521 g/mol. The van der Waals surface area contributed by atoms with Crippen molar-refractivity contribution >= 4 is 21.8 Å². The van der Waals surface area contributed by atoms with Crippen molar-refractivity contribution in [3.05, 3.63) is 82.9 Å². The summed E-state index contributed by atoms with van der Waals surface area (Å²) in [7, 11) is -3.33. The van der Waals surface area contributed by atoms with Crippen molar-refractivity contribution in [3.63, 3.8) is 0 Å². The number of alkyl halides is 3. The van der Waals surface area contributed by atoms with Gasteiger partial charge >= 0.3 is 22.3 Å². The smallest absolute Gasteiger partial charge is 0.416 e. The lowest BCUT2D eigenvalue weighted by molar-refractivity contribution is -0.137. The number of urea groups is 1. The maximum atomic E-state index is 13.1. The van der Waals surface area contributed by atoms with Gasteiger partial charge in [0, 0.05) is 18.3 Å². The van der Waals surface area contributed by atoms with Crippen LogP contribution in [0.5, 0.6) is 11.5 Å². The van der Waals surface area contributed by atoms with Crippen molar-refractivity contribution in [2.45, 2.75) is 51.4 Å². The molecule has 0 aromatic heterocycles. The van der Waals surface area contributed by atoms with Crippen LogP contribution in [-0.4, -0.2) is 32.5 Å². The largest absolute Gasteiger partial charge is 0.493 e. The highest BCUT2D eigenvalue weighted by atomic mass is 32.2. The average Bonchev–Trinajstić information content (AvgIpc) is 2.84. The van der Waals surface area contributed by atoms with Gasteiger partial charge in [0.05, 0.1) is 12.7 Å². The van der Waals surface area contributed by atoms with E-state index in [0.29, 0.717) is 17.3 Å². The Labute approximate surface area is 220 Å². The van der Waals surface area contributed by atoms with Crippen molar-refractivity contribution in [1.29, 1.82) is 0 Å². The summed E-state index contributed by atoms with van der Waals surface area (Å²) in [5, 5.41) is 2.91. The zero-order valence-electron chi connectivity index (χ0n) is 21.6. The van der Waals surface area contributed by atoms with Gasteiger partial charge in [0.1, 0.15) is 4.90 Å². The van der Waals surface area contributed by atoms with Crippen LogP contribution in [0.3, 0.4) is 0 Å². The van der Waals surface area contributed by atoms with Crippen LogP contribution >= 0.6 is 0 Å². The quantitative estimate of drug-likeness (QED) is 0.322. The van der Waals surface area contributed by atoms with Gasteiger partial charge in [-0.1, -0.05) is 24.3 Å². The second-order valence-corrected chi connectivity index (χ2v) is 10.5. The fourth-order valence-corrected chi connectivity index (χ4v) is 4.62. The predicted octanol–water partition coefficient (Wildman–Crippen LogP) is 6.54. The number of aryl methyl sites for hydroxylation is 1. The van der Waals surface area contributed by atoms with Gasteiger partial charge in [-0.3, -0.25) is 0 Å². The van der Waals surface area contributed by atoms with E-state index < -0.39 is 26.8 Å². The number of hydrogen-bond acceptors (Lipinski definition) is 5. The minimum Gasteiger partial charge on any atom is -0.493 e. The molecule has 0 aliphatic heterocycles. The molecule has 0 radical (unpaired) electrons. The number of carbonyl (C=O) groups excluding carboxylic acids is 1. The van der Waals surface area contributed by atoms with Gasteiger partial charge in [0.2, 0.25) is 0 Å². The Bertz CT molecular complexity index is 1420. The lowest BCUT2D eigenvalue weighted by atomic mass is 10.1. The summed E-state index contributed by atoms with van der Waals surface area (Å²) in [5.74, 6) is -0.165. The molecule has 0 saturated heterocycles. The van der Waals surface area contributed by atoms with Gasteiger partial charge in [-0.05, 0) is 80.8 Å². The van der Waals surface area contributed by atoms with E-state index in [1.54, 1.807) is 17.0 Å². The lowest BCUT2D eigenvalue weighted by Crippen LogP contribution is -2.39. The van der Waals surface area contributed by atoms with Crippen molar-refractivity contribution in [3.8, 4) is 11.5 Å². The van der Waals surface area contributed by atoms with Crippen molar-refractivity contribution in [1.82, 2.24) is 4.90 Å². The van der Waals surface area contributed by atoms with E-state index in [4.69, 9.17) is 8.92 Å². The van der Waals surface area contributed by atoms with Gasteiger partial charge < -0.3 is 19.1 Å². The average molecular weight is 551 g/mol. The minimum absolute atomic E-state index is 0.0558. The van der Waals surface area contributed by atoms with Gasteiger partial charge in [-0.25, -0.2) is 4.79 Å². The number of carbonyl (C=O) groups is 1. The maximum Gasteiger partial charge on any atom is 0.416 e. The molecule has 1 N–H and O–H groups in total. The van der Waals surface area contributed by atoms with Crippen LogP contribution in [0, 0.1) is 13.8 Å². The molecule has 0 spiro atoms. The predicted molar refractivity (Wildman–Crippen MR) is 138 cm³/mol. The highest BCUT2D eigenvalue weighted by molar-refractivity contribution is 7.87. The Morgan fingerprint density at radius 2 is 1.68 bits per heavy atom. The van der Waals surface area contributed by atoms with Crippen LogP contribution in [0.25, 0.3) is 0 Å². The van der Waals surface area contributed by atoms with Crippen LogP contribution in [-0.2, 0) is 22.8 Å².